The van der Waals surface area contributed by atoms with Crippen LogP contribution in [0.3, 0.4) is 0 Å². The van der Waals surface area contributed by atoms with Crippen molar-refractivity contribution in [3.05, 3.63) is 35.9 Å². The van der Waals surface area contributed by atoms with Gasteiger partial charge in [-0.05, 0) is 36.7 Å². The third-order valence-electron chi connectivity index (χ3n) is 6.40. The molecule has 0 unspecified atom stereocenters. The summed E-state index contributed by atoms with van der Waals surface area (Å²) in [5.74, 6) is -0.204. The molecule has 142 valence electrons. The molecular weight excluding hydrogens is 348 g/mol. The fourth-order valence-electron chi connectivity index (χ4n) is 4.73. The van der Waals surface area contributed by atoms with E-state index in [1.807, 2.05) is 30.3 Å². The lowest BCUT2D eigenvalue weighted by Crippen LogP contribution is -2.42. The molecule has 1 saturated heterocycles. The van der Waals surface area contributed by atoms with Crippen LogP contribution in [-0.2, 0) is 21.4 Å². The first-order valence-electron chi connectivity index (χ1n) is 9.82. The first kappa shape index (κ1) is 18.0. The third kappa shape index (κ3) is 3.41. The summed E-state index contributed by atoms with van der Waals surface area (Å²) >= 11 is 0. The van der Waals surface area contributed by atoms with Crippen molar-refractivity contribution in [2.24, 2.45) is 11.3 Å². The van der Waals surface area contributed by atoms with E-state index in [9.17, 15) is 13.2 Å². The second-order valence-corrected chi connectivity index (χ2v) is 10.4. The highest BCUT2D eigenvalue weighted by molar-refractivity contribution is 7.90. The number of carbonyl (C=O) groups excluding carboxylic acids is 1. The second-order valence-electron chi connectivity index (χ2n) is 8.22. The van der Waals surface area contributed by atoms with E-state index in [0.717, 1.165) is 44.1 Å². The summed E-state index contributed by atoms with van der Waals surface area (Å²) in [6.07, 6.45) is 6.86. The Balaban J connectivity index is 1.50. The van der Waals surface area contributed by atoms with Gasteiger partial charge in [0.15, 0.2) is 0 Å². The van der Waals surface area contributed by atoms with Gasteiger partial charge in [-0.1, -0.05) is 49.6 Å². The lowest BCUT2D eigenvalue weighted by molar-refractivity contribution is -0.128. The summed E-state index contributed by atoms with van der Waals surface area (Å²) in [6, 6.07) is 9.87. The average molecular weight is 377 g/mol. The van der Waals surface area contributed by atoms with Crippen LogP contribution in [0.5, 0.6) is 0 Å². The summed E-state index contributed by atoms with van der Waals surface area (Å²) in [7, 11) is -3.22. The number of hydrogen-bond acceptors (Lipinski definition) is 3. The summed E-state index contributed by atoms with van der Waals surface area (Å²) < 4.78 is 27.2. The molecular formula is C20H28N2O3S. The van der Waals surface area contributed by atoms with Gasteiger partial charge < -0.3 is 5.32 Å². The van der Waals surface area contributed by atoms with Gasteiger partial charge in [-0.3, -0.25) is 4.79 Å². The first-order valence-corrected chi connectivity index (χ1v) is 11.3. The fourth-order valence-corrected chi connectivity index (χ4v) is 6.67. The molecule has 4 rings (SSSR count). The molecule has 2 aliphatic carbocycles. The molecule has 1 aliphatic heterocycles. The summed E-state index contributed by atoms with van der Waals surface area (Å²) in [6.45, 7) is 1.40. The van der Waals surface area contributed by atoms with Gasteiger partial charge in [0.1, 0.15) is 0 Å². The maximum Gasteiger partial charge on any atom is 0.225 e. The van der Waals surface area contributed by atoms with Crippen LogP contribution in [0.25, 0.3) is 0 Å². The molecule has 0 aromatic heterocycles. The largest absolute Gasteiger partial charge is 0.352 e. The Morgan fingerprint density at radius 3 is 2.46 bits per heavy atom. The fraction of sp³-hybridized carbons (Fsp3) is 0.650. The van der Waals surface area contributed by atoms with Crippen molar-refractivity contribution in [1.29, 1.82) is 0 Å². The molecule has 1 amide bonds. The van der Waals surface area contributed by atoms with Gasteiger partial charge in [-0.15, -0.1) is 0 Å². The van der Waals surface area contributed by atoms with Gasteiger partial charge >= 0.3 is 0 Å². The van der Waals surface area contributed by atoms with Crippen molar-refractivity contribution in [3.63, 3.8) is 0 Å². The SMILES string of the molecule is O=C(NCc1ccccc1)[C@@H]1CN(S(=O)(=O)C2CC2)CC12CCCCC2. The number of amides is 1. The Kier molecular flexibility index (Phi) is 4.82. The summed E-state index contributed by atoms with van der Waals surface area (Å²) in [5.41, 5.74) is 0.903. The van der Waals surface area contributed by atoms with Crippen LogP contribution in [0, 0.1) is 11.3 Å². The zero-order chi connectivity index (χ0) is 18.2. The Bertz CT molecular complexity index is 753. The number of nitrogens with one attached hydrogen (secondary N) is 1. The van der Waals surface area contributed by atoms with E-state index in [2.05, 4.69) is 5.32 Å². The molecule has 3 fully saturated rings. The Morgan fingerprint density at radius 2 is 1.81 bits per heavy atom. The molecule has 1 spiro atoms. The van der Waals surface area contributed by atoms with E-state index in [-0.39, 0.29) is 22.5 Å². The molecule has 5 nitrogen and oxygen atoms in total. The molecule has 1 N–H and O–H groups in total. The molecule has 1 aromatic carbocycles. The number of benzene rings is 1. The Hall–Kier alpha value is -1.40. The quantitative estimate of drug-likeness (QED) is 0.859. The zero-order valence-corrected chi connectivity index (χ0v) is 16.0. The molecule has 6 heteroatoms. The van der Waals surface area contributed by atoms with E-state index >= 15 is 0 Å². The van der Waals surface area contributed by atoms with Crippen molar-refractivity contribution in [3.8, 4) is 0 Å². The minimum absolute atomic E-state index is 0.0178. The predicted octanol–water partition coefficient (Wildman–Crippen LogP) is 2.68. The number of carbonyl (C=O) groups is 1. The highest BCUT2D eigenvalue weighted by Gasteiger charge is 2.54. The van der Waals surface area contributed by atoms with Crippen LogP contribution >= 0.6 is 0 Å². The van der Waals surface area contributed by atoms with Crippen LogP contribution in [0.4, 0.5) is 0 Å². The topological polar surface area (TPSA) is 66.5 Å². The van der Waals surface area contributed by atoms with Crippen LogP contribution < -0.4 is 5.32 Å². The van der Waals surface area contributed by atoms with Crippen molar-refractivity contribution in [1.82, 2.24) is 9.62 Å². The van der Waals surface area contributed by atoms with E-state index in [1.54, 1.807) is 4.31 Å². The lowest BCUT2D eigenvalue weighted by atomic mass is 9.67. The van der Waals surface area contributed by atoms with Gasteiger partial charge in [0.25, 0.3) is 0 Å². The van der Waals surface area contributed by atoms with Crippen molar-refractivity contribution in [2.75, 3.05) is 13.1 Å². The van der Waals surface area contributed by atoms with Gasteiger partial charge in [0, 0.05) is 19.6 Å². The van der Waals surface area contributed by atoms with Crippen LogP contribution in [0.2, 0.25) is 0 Å². The highest BCUT2D eigenvalue weighted by Crippen LogP contribution is 2.49. The standard InChI is InChI=1S/C20H28N2O3S/c23-19(21-13-16-7-3-1-4-8-16)18-14-22(26(24,25)17-9-10-17)15-20(18)11-5-2-6-12-20/h1,3-4,7-8,17-18H,2,5-6,9-15H2,(H,21,23)/t18-/m0/s1. The minimum atomic E-state index is -3.22. The van der Waals surface area contributed by atoms with Crippen LogP contribution in [-0.4, -0.2) is 37.0 Å². The lowest BCUT2D eigenvalue weighted by Gasteiger charge is -2.37. The predicted molar refractivity (Wildman–Crippen MR) is 101 cm³/mol. The number of rotatable bonds is 5. The number of sulfonamides is 1. The Morgan fingerprint density at radius 1 is 1.12 bits per heavy atom. The maximum absolute atomic E-state index is 13.0. The number of hydrogen-bond donors (Lipinski definition) is 1. The van der Waals surface area contributed by atoms with Gasteiger partial charge in [0.2, 0.25) is 15.9 Å². The molecule has 1 aromatic rings. The van der Waals surface area contributed by atoms with E-state index in [4.69, 9.17) is 0 Å². The first-order chi connectivity index (χ1) is 12.5. The third-order valence-corrected chi connectivity index (χ3v) is 8.71. The van der Waals surface area contributed by atoms with Crippen LogP contribution in [0.15, 0.2) is 30.3 Å². The van der Waals surface area contributed by atoms with Gasteiger partial charge in [-0.2, -0.15) is 0 Å². The normalized spacial score (nSPS) is 26.1. The van der Waals surface area contributed by atoms with E-state index in [0.29, 0.717) is 19.6 Å². The average Bonchev–Trinajstić information content (AvgIpc) is 3.45. The maximum atomic E-state index is 13.0. The molecule has 3 aliphatic rings. The highest BCUT2D eigenvalue weighted by atomic mass is 32.2. The van der Waals surface area contributed by atoms with E-state index < -0.39 is 10.0 Å². The van der Waals surface area contributed by atoms with E-state index in [1.165, 1.54) is 6.42 Å². The molecule has 0 radical (unpaired) electrons. The molecule has 1 atom stereocenters. The minimum Gasteiger partial charge on any atom is -0.352 e. The summed E-state index contributed by atoms with van der Waals surface area (Å²) in [5, 5.41) is 2.87. The van der Waals surface area contributed by atoms with Gasteiger partial charge in [-0.25, -0.2) is 12.7 Å². The van der Waals surface area contributed by atoms with Gasteiger partial charge in [0.05, 0.1) is 11.2 Å². The molecule has 0 bridgehead atoms. The smallest absolute Gasteiger partial charge is 0.225 e. The second kappa shape index (κ2) is 6.97. The number of nitrogens with zero attached hydrogens (tertiary/aromatic N) is 1. The summed E-state index contributed by atoms with van der Waals surface area (Å²) in [4.78, 5) is 13.0. The monoisotopic (exact) mass is 376 g/mol. The van der Waals surface area contributed by atoms with Crippen molar-refractivity contribution in [2.45, 2.75) is 56.7 Å². The van der Waals surface area contributed by atoms with Crippen molar-refractivity contribution >= 4 is 15.9 Å². The Labute approximate surface area is 156 Å². The zero-order valence-electron chi connectivity index (χ0n) is 15.2. The van der Waals surface area contributed by atoms with Crippen molar-refractivity contribution < 1.29 is 13.2 Å². The molecule has 26 heavy (non-hydrogen) atoms. The van der Waals surface area contributed by atoms with Crippen LogP contribution in [0.1, 0.15) is 50.5 Å². The molecule has 2 saturated carbocycles. The molecule has 1 heterocycles.